The molecule has 0 bridgehead atoms. The van der Waals surface area contributed by atoms with Gasteiger partial charge in [-0.3, -0.25) is 9.78 Å². The van der Waals surface area contributed by atoms with Gasteiger partial charge in [0, 0.05) is 43.3 Å². The lowest BCUT2D eigenvalue weighted by Crippen LogP contribution is -2.33. The predicted octanol–water partition coefficient (Wildman–Crippen LogP) is 3.73. The number of aromatic nitrogens is 2. The van der Waals surface area contributed by atoms with Crippen molar-refractivity contribution in [2.24, 2.45) is 7.05 Å². The Hall–Kier alpha value is -3.19. The summed E-state index contributed by atoms with van der Waals surface area (Å²) in [6.07, 6.45) is 2.13. The number of pyridine rings is 1. The van der Waals surface area contributed by atoms with E-state index >= 15 is 0 Å². The molecule has 1 fully saturated rings. The highest BCUT2D eigenvalue weighted by Gasteiger charge is 2.41. The molecule has 4 rings (SSSR count). The van der Waals surface area contributed by atoms with E-state index in [-0.39, 0.29) is 18.0 Å². The van der Waals surface area contributed by atoms with Crippen LogP contribution >= 0.6 is 12.2 Å². The molecular weight excluding hydrogens is 394 g/mol. The number of anilines is 1. The monoisotopic (exact) mass is 419 g/mol. The summed E-state index contributed by atoms with van der Waals surface area (Å²) in [4.78, 5) is 19.2. The van der Waals surface area contributed by atoms with Crippen LogP contribution in [-0.2, 0) is 11.8 Å². The van der Waals surface area contributed by atoms with Gasteiger partial charge in [0.25, 0.3) is 0 Å². The first-order valence-electron chi connectivity index (χ1n) is 10.00. The molecule has 3 heterocycles. The van der Waals surface area contributed by atoms with Crippen LogP contribution < -0.4 is 10.6 Å². The summed E-state index contributed by atoms with van der Waals surface area (Å²) >= 11 is 5.67. The van der Waals surface area contributed by atoms with Crippen molar-refractivity contribution >= 4 is 28.9 Å². The third kappa shape index (κ3) is 4.07. The average molecular weight is 420 g/mol. The summed E-state index contributed by atoms with van der Waals surface area (Å²) in [5, 5.41) is 7.02. The van der Waals surface area contributed by atoms with Gasteiger partial charge in [0.15, 0.2) is 5.11 Å². The van der Waals surface area contributed by atoms with E-state index in [1.165, 1.54) is 5.69 Å². The van der Waals surface area contributed by atoms with Crippen molar-refractivity contribution in [3.8, 4) is 0 Å². The molecule has 7 heteroatoms. The molecule has 1 aliphatic rings. The lowest BCUT2D eigenvalue weighted by atomic mass is 10.0. The molecule has 1 aliphatic heterocycles. The maximum atomic E-state index is 12.5. The number of amides is 1. The van der Waals surface area contributed by atoms with E-state index < -0.39 is 0 Å². The van der Waals surface area contributed by atoms with Gasteiger partial charge in [-0.05, 0) is 55.5 Å². The predicted molar refractivity (Wildman–Crippen MR) is 122 cm³/mol. The van der Waals surface area contributed by atoms with Gasteiger partial charge < -0.3 is 20.1 Å². The number of benzene rings is 1. The smallest absolute Gasteiger partial charge is 0.226 e. The average Bonchev–Trinajstić information content (AvgIpc) is 3.26. The summed E-state index contributed by atoms with van der Waals surface area (Å²) in [5.74, 6) is -0.0351. The van der Waals surface area contributed by atoms with Gasteiger partial charge in [-0.2, -0.15) is 0 Å². The lowest BCUT2D eigenvalue weighted by molar-refractivity contribution is -0.116. The van der Waals surface area contributed by atoms with Crippen LogP contribution in [0.4, 0.5) is 5.69 Å². The number of carbonyl (C=O) groups excluding carboxylic acids is 1. The number of para-hydroxylation sites is 1. The van der Waals surface area contributed by atoms with Gasteiger partial charge in [-0.15, -0.1) is 0 Å². The number of rotatable bonds is 6. The number of carbonyl (C=O) groups is 1. The first kappa shape index (κ1) is 20.1. The second-order valence-corrected chi connectivity index (χ2v) is 7.83. The summed E-state index contributed by atoms with van der Waals surface area (Å²) in [6, 6.07) is 19.5. The number of hydrogen-bond donors (Lipinski definition) is 2. The molecule has 2 aromatic heterocycles. The van der Waals surface area contributed by atoms with Crippen molar-refractivity contribution in [2.45, 2.75) is 25.4 Å². The Balaban J connectivity index is 1.56. The van der Waals surface area contributed by atoms with E-state index in [1.807, 2.05) is 48.5 Å². The molecule has 1 saturated heterocycles. The number of thiocarbonyl (C=S) groups is 1. The normalized spacial score (nSPS) is 18.3. The molecule has 2 N–H and O–H groups in total. The zero-order chi connectivity index (χ0) is 21.1. The molecular formula is C23H25N5OS. The quantitative estimate of drug-likeness (QED) is 0.596. The van der Waals surface area contributed by atoms with Crippen LogP contribution in [0.25, 0.3) is 0 Å². The molecule has 0 radical (unpaired) electrons. The standard InChI is InChI=1S/C23H25N5OS/c1-16-11-12-19(27(16)2)22-21(18-10-6-7-14-24-18)26-23(30)28(22)15-13-20(29)25-17-8-4-3-5-9-17/h3-12,14,21-22H,13,15H2,1-2H3,(H,25,29)(H,26,30)/t21-,22-/m0/s1. The van der Waals surface area contributed by atoms with E-state index in [4.69, 9.17) is 12.2 Å². The van der Waals surface area contributed by atoms with Crippen molar-refractivity contribution in [2.75, 3.05) is 11.9 Å². The first-order valence-corrected chi connectivity index (χ1v) is 10.4. The van der Waals surface area contributed by atoms with Crippen LogP contribution in [0.3, 0.4) is 0 Å². The summed E-state index contributed by atoms with van der Waals surface area (Å²) in [5.41, 5.74) is 4.04. The highest BCUT2D eigenvalue weighted by atomic mass is 32.1. The zero-order valence-corrected chi connectivity index (χ0v) is 17.9. The third-order valence-electron chi connectivity index (χ3n) is 5.55. The van der Waals surface area contributed by atoms with Crippen molar-refractivity contribution < 1.29 is 4.79 Å². The Morgan fingerprint density at radius 1 is 1.13 bits per heavy atom. The second-order valence-electron chi connectivity index (χ2n) is 7.44. The van der Waals surface area contributed by atoms with E-state index in [0.717, 1.165) is 17.1 Å². The minimum Gasteiger partial charge on any atom is -0.352 e. The van der Waals surface area contributed by atoms with Crippen LogP contribution in [0.1, 0.15) is 35.6 Å². The Kier molecular flexibility index (Phi) is 5.81. The van der Waals surface area contributed by atoms with E-state index in [1.54, 1.807) is 6.20 Å². The van der Waals surface area contributed by atoms with Crippen LogP contribution in [0.15, 0.2) is 66.9 Å². The fourth-order valence-electron chi connectivity index (χ4n) is 3.87. The van der Waals surface area contributed by atoms with Gasteiger partial charge in [0.2, 0.25) is 5.91 Å². The van der Waals surface area contributed by atoms with E-state index in [0.29, 0.717) is 18.1 Å². The third-order valence-corrected chi connectivity index (χ3v) is 5.90. The molecule has 3 aromatic rings. The van der Waals surface area contributed by atoms with Crippen molar-refractivity contribution in [1.29, 1.82) is 0 Å². The van der Waals surface area contributed by atoms with Crippen molar-refractivity contribution in [3.63, 3.8) is 0 Å². The van der Waals surface area contributed by atoms with Gasteiger partial charge >= 0.3 is 0 Å². The summed E-state index contributed by atoms with van der Waals surface area (Å²) in [6.45, 7) is 2.60. The summed E-state index contributed by atoms with van der Waals surface area (Å²) in [7, 11) is 2.06. The number of hydrogen-bond acceptors (Lipinski definition) is 3. The van der Waals surface area contributed by atoms with Crippen LogP contribution in [0.5, 0.6) is 0 Å². The maximum absolute atomic E-state index is 12.5. The SMILES string of the molecule is Cc1ccc([C@H]2[C@H](c3ccccn3)NC(=S)N2CCC(=O)Nc2ccccc2)n1C. The first-order chi connectivity index (χ1) is 14.5. The molecule has 1 amide bonds. The second kappa shape index (κ2) is 8.67. The molecule has 30 heavy (non-hydrogen) atoms. The maximum Gasteiger partial charge on any atom is 0.226 e. The largest absolute Gasteiger partial charge is 0.352 e. The lowest BCUT2D eigenvalue weighted by Gasteiger charge is -2.28. The van der Waals surface area contributed by atoms with Crippen LogP contribution in [-0.4, -0.2) is 32.0 Å². The highest BCUT2D eigenvalue weighted by Crippen LogP contribution is 2.38. The molecule has 1 aromatic carbocycles. The highest BCUT2D eigenvalue weighted by molar-refractivity contribution is 7.80. The topological polar surface area (TPSA) is 62.2 Å². The zero-order valence-electron chi connectivity index (χ0n) is 17.1. The Bertz CT molecular complexity index is 1030. The molecule has 0 spiro atoms. The number of nitrogens with one attached hydrogen (secondary N) is 2. The Morgan fingerprint density at radius 2 is 1.90 bits per heavy atom. The van der Waals surface area contributed by atoms with Gasteiger partial charge in [-0.25, -0.2) is 0 Å². The fraction of sp³-hybridized carbons (Fsp3) is 0.261. The van der Waals surface area contributed by atoms with E-state index in [9.17, 15) is 4.79 Å². The van der Waals surface area contributed by atoms with Gasteiger partial charge in [0.1, 0.15) is 0 Å². The number of aryl methyl sites for hydroxylation is 1. The molecule has 154 valence electrons. The molecule has 0 saturated carbocycles. The molecule has 0 aliphatic carbocycles. The Labute approximate surface area is 181 Å². The molecule has 0 unspecified atom stereocenters. The fourth-order valence-corrected chi connectivity index (χ4v) is 4.20. The minimum atomic E-state index is -0.0797. The van der Waals surface area contributed by atoms with Gasteiger partial charge in [0.05, 0.1) is 17.8 Å². The summed E-state index contributed by atoms with van der Waals surface area (Å²) < 4.78 is 2.17. The van der Waals surface area contributed by atoms with Crippen LogP contribution in [0, 0.1) is 6.92 Å². The molecule has 6 nitrogen and oxygen atoms in total. The van der Waals surface area contributed by atoms with E-state index in [2.05, 4.69) is 51.2 Å². The van der Waals surface area contributed by atoms with Crippen molar-refractivity contribution in [1.82, 2.24) is 19.8 Å². The Morgan fingerprint density at radius 3 is 2.57 bits per heavy atom. The van der Waals surface area contributed by atoms with Crippen molar-refractivity contribution in [3.05, 3.63) is 83.9 Å². The van der Waals surface area contributed by atoms with Crippen LogP contribution in [0.2, 0.25) is 0 Å². The molecule has 2 atom stereocenters. The minimum absolute atomic E-state index is 0.0351. The number of nitrogens with zero attached hydrogens (tertiary/aromatic N) is 3. The van der Waals surface area contributed by atoms with Gasteiger partial charge in [-0.1, -0.05) is 24.3 Å².